The van der Waals surface area contributed by atoms with Crippen LogP contribution < -0.4 is 5.32 Å². The van der Waals surface area contributed by atoms with Crippen LogP contribution in [0.25, 0.3) is 0 Å². The zero-order valence-electron chi connectivity index (χ0n) is 13.9. The van der Waals surface area contributed by atoms with Crippen LogP contribution in [0.3, 0.4) is 0 Å². The predicted octanol–water partition coefficient (Wildman–Crippen LogP) is 2.19. The van der Waals surface area contributed by atoms with Crippen LogP contribution in [-0.4, -0.2) is 39.4 Å². The molecule has 0 saturated carbocycles. The summed E-state index contributed by atoms with van der Waals surface area (Å²) in [5.41, 5.74) is 2.71. The highest BCUT2D eigenvalue weighted by molar-refractivity contribution is 5.11. The second-order valence-electron chi connectivity index (χ2n) is 7.03. The molecule has 0 aliphatic carbocycles. The van der Waals surface area contributed by atoms with Crippen LogP contribution in [0.1, 0.15) is 46.0 Å². The fourth-order valence-electron chi connectivity index (χ4n) is 2.85. The molecule has 1 aliphatic rings. The Morgan fingerprint density at radius 1 is 1.45 bits per heavy atom. The first-order valence-corrected chi connectivity index (χ1v) is 7.83. The molecule has 4 heteroatoms. The van der Waals surface area contributed by atoms with E-state index in [4.69, 9.17) is 0 Å². The third kappa shape index (κ3) is 3.23. The molecular weight excluding hydrogens is 248 g/mol. The van der Waals surface area contributed by atoms with Gasteiger partial charge in [0.2, 0.25) is 0 Å². The van der Waals surface area contributed by atoms with E-state index in [-0.39, 0.29) is 5.54 Å². The van der Waals surface area contributed by atoms with Gasteiger partial charge in [0.25, 0.3) is 0 Å². The maximum absolute atomic E-state index is 4.57. The Bertz CT molecular complexity index is 447. The number of nitrogens with zero attached hydrogens (tertiary/aromatic N) is 3. The number of piperazine rings is 1. The Labute approximate surface area is 123 Å². The van der Waals surface area contributed by atoms with Gasteiger partial charge in [0.05, 0.1) is 11.4 Å². The van der Waals surface area contributed by atoms with Crippen LogP contribution in [-0.2, 0) is 20.0 Å². The van der Waals surface area contributed by atoms with Crippen molar-refractivity contribution >= 4 is 0 Å². The van der Waals surface area contributed by atoms with Crippen LogP contribution in [0.4, 0.5) is 0 Å². The predicted molar refractivity (Wildman–Crippen MR) is 83.7 cm³/mol. The molecule has 1 unspecified atom stereocenters. The number of hydrogen-bond donors (Lipinski definition) is 1. The maximum atomic E-state index is 4.57. The molecule has 1 N–H and O–H groups in total. The van der Waals surface area contributed by atoms with E-state index < -0.39 is 0 Å². The normalized spacial score (nSPS) is 23.4. The summed E-state index contributed by atoms with van der Waals surface area (Å²) in [6.07, 6.45) is 1.01. The molecule has 114 valence electrons. The number of nitrogens with one attached hydrogen (secondary N) is 1. The van der Waals surface area contributed by atoms with E-state index in [2.05, 4.69) is 63.0 Å². The van der Waals surface area contributed by atoms with E-state index in [1.165, 1.54) is 11.4 Å². The summed E-state index contributed by atoms with van der Waals surface area (Å²) in [7, 11) is 2.06. The lowest BCUT2D eigenvalue weighted by molar-refractivity contribution is 0.0454. The lowest BCUT2D eigenvalue weighted by Gasteiger charge is -2.47. The number of rotatable bonds is 4. The average molecular weight is 278 g/mol. The third-order valence-electron chi connectivity index (χ3n) is 4.62. The van der Waals surface area contributed by atoms with E-state index in [0.717, 1.165) is 26.1 Å². The lowest BCUT2D eigenvalue weighted by atomic mass is 9.92. The van der Waals surface area contributed by atoms with Crippen LogP contribution in [0.5, 0.6) is 0 Å². The Hall–Kier alpha value is -0.870. The van der Waals surface area contributed by atoms with E-state index >= 15 is 0 Å². The molecule has 0 spiro atoms. The molecule has 0 radical (unpaired) electrons. The molecule has 4 nitrogen and oxygen atoms in total. The number of hydrogen-bond acceptors (Lipinski definition) is 3. The van der Waals surface area contributed by atoms with Crippen LogP contribution in [0.2, 0.25) is 0 Å². The van der Waals surface area contributed by atoms with E-state index in [1.54, 1.807) is 0 Å². The smallest absolute Gasteiger partial charge is 0.0625 e. The summed E-state index contributed by atoms with van der Waals surface area (Å²) in [6, 6.07) is 2.84. The SMILES string of the molecule is CCc1cc(CN2CC(C(C)C)NCC2(C)C)n(C)n1. The molecule has 0 amide bonds. The first-order valence-electron chi connectivity index (χ1n) is 7.83. The van der Waals surface area contributed by atoms with Gasteiger partial charge in [-0.1, -0.05) is 20.8 Å². The minimum Gasteiger partial charge on any atom is -0.311 e. The first-order chi connectivity index (χ1) is 9.33. The molecule has 1 aromatic rings. The van der Waals surface area contributed by atoms with Crippen molar-refractivity contribution < 1.29 is 0 Å². The van der Waals surface area contributed by atoms with Crippen molar-refractivity contribution in [3.05, 3.63) is 17.5 Å². The minimum absolute atomic E-state index is 0.196. The summed E-state index contributed by atoms with van der Waals surface area (Å²) in [4.78, 5) is 2.60. The summed E-state index contributed by atoms with van der Waals surface area (Å²) in [6.45, 7) is 14.6. The quantitative estimate of drug-likeness (QED) is 0.916. The van der Waals surface area contributed by atoms with Gasteiger partial charge in [-0.05, 0) is 32.3 Å². The Balaban J connectivity index is 2.13. The van der Waals surface area contributed by atoms with Crippen molar-refractivity contribution in [3.8, 4) is 0 Å². The molecule has 1 fully saturated rings. The zero-order valence-corrected chi connectivity index (χ0v) is 13.9. The summed E-state index contributed by atoms with van der Waals surface area (Å²) < 4.78 is 2.04. The summed E-state index contributed by atoms with van der Waals surface area (Å²) >= 11 is 0. The molecule has 0 aromatic carbocycles. The number of aromatic nitrogens is 2. The van der Waals surface area contributed by atoms with Crippen molar-refractivity contribution in [1.29, 1.82) is 0 Å². The van der Waals surface area contributed by atoms with Gasteiger partial charge >= 0.3 is 0 Å². The third-order valence-corrected chi connectivity index (χ3v) is 4.62. The standard InChI is InChI=1S/C16H30N4/c1-7-13-8-14(19(6)18-13)9-20-10-15(12(2)3)17-11-16(20,4)5/h8,12,15,17H,7,9-11H2,1-6H3. The second-order valence-corrected chi connectivity index (χ2v) is 7.03. The molecule has 2 rings (SSSR count). The van der Waals surface area contributed by atoms with Crippen molar-refractivity contribution in [3.63, 3.8) is 0 Å². The fraction of sp³-hybridized carbons (Fsp3) is 0.812. The van der Waals surface area contributed by atoms with E-state index in [9.17, 15) is 0 Å². The highest BCUT2D eigenvalue weighted by Crippen LogP contribution is 2.23. The lowest BCUT2D eigenvalue weighted by Crippen LogP contribution is -2.62. The highest BCUT2D eigenvalue weighted by atomic mass is 15.3. The van der Waals surface area contributed by atoms with Gasteiger partial charge in [-0.25, -0.2) is 0 Å². The molecule has 1 atom stereocenters. The van der Waals surface area contributed by atoms with Gasteiger partial charge in [-0.3, -0.25) is 9.58 Å². The van der Waals surface area contributed by atoms with Crippen molar-refractivity contribution in [2.75, 3.05) is 13.1 Å². The van der Waals surface area contributed by atoms with Crippen LogP contribution in [0.15, 0.2) is 6.07 Å². The van der Waals surface area contributed by atoms with Crippen molar-refractivity contribution in [2.24, 2.45) is 13.0 Å². The number of aryl methyl sites for hydroxylation is 2. The van der Waals surface area contributed by atoms with Crippen LogP contribution in [0, 0.1) is 5.92 Å². The Kier molecular flexibility index (Phi) is 4.55. The van der Waals surface area contributed by atoms with Gasteiger partial charge in [0.15, 0.2) is 0 Å². The largest absolute Gasteiger partial charge is 0.311 e. The van der Waals surface area contributed by atoms with Crippen molar-refractivity contribution in [1.82, 2.24) is 20.0 Å². The van der Waals surface area contributed by atoms with E-state index in [1.807, 2.05) is 4.68 Å². The van der Waals surface area contributed by atoms with Gasteiger partial charge in [-0.15, -0.1) is 0 Å². The Morgan fingerprint density at radius 2 is 2.15 bits per heavy atom. The minimum atomic E-state index is 0.196. The van der Waals surface area contributed by atoms with Gasteiger partial charge in [-0.2, -0.15) is 5.10 Å². The molecule has 20 heavy (non-hydrogen) atoms. The topological polar surface area (TPSA) is 33.1 Å². The highest BCUT2D eigenvalue weighted by Gasteiger charge is 2.35. The summed E-state index contributed by atoms with van der Waals surface area (Å²) in [5, 5.41) is 8.26. The average Bonchev–Trinajstić information content (AvgIpc) is 2.72. The van der Waals surface area contributed by atoms with Gasteiger partial charge in [0.1, 0.15) is 0 Å². The summed E-state index contributed by atoms with van der Waals surface area (Å²) in [5.74, 6) is 0.673. The van der Waals surface area contributed by atoms with E-state index in [0.29, 0.717) is 12.0 Å². The molecule has 0 bridgehead atoms. The van der Waals surface area contributed by atoms with Crippen molar-refractivity contribution in [2.45, 2.75) is 59.2 Å². The molecule has 2 heterocycles. The maximum Gasteiger partial charge on any atom is 0.0625 e. The van der Waals surface area contributed by atoms with Crippen LogP contribution >= 0.6 is 0 Å². The first kappa shape index (κ1) is 15.5. The molecule has 1 aliphatic heterocycles. The second kappa shape index (κ2) is 5.86. The fourth-order valence-corrected chi connectivity index (χ4v) is 2.85. The monoisotopic (exact) mass is 278 g/mol. The molecular formula is C16H30N4. The zero-order chi connectivity index (χ0) is 14.9. The molecule has 1 saturated heterocycles. The van der Waals surface area contributed by atoms with Gasteiger partial charge < -0.3 is 5.32 Å². The van der Waals surface area contributed by atoms with Gasteiger partial charge in [0, 0.05) is 38.3 Å². The molecule has 1 aromatic heterocycles. The Morgan fingerprint density at radius 3 is 2.70 bits per heavy atom.